The number of para-hydroxylation sites is 1. The lowest BCUT2D eigenvalue weighted by Crippen LogP contribution is -2.69. The van der Waals surface area contributed by atoms with E-state index < -0.39 is 34.6 Å². The minimum absolute atomic E-state index is 0.0714. The van der Waals surface area contributed by atoms with Crippen LogP contribution in [0.2, 0.25) is 0 Å². The van der Waals surface area contributed by atoms with Crippen LogP contribution < -0.4 is 4.90 Å². The molecule has 1 saturated heterocycles. The highest BCUT2D eigenvalue weighted by molar-refractivity contribution is 5.98. The lowest BCUT2D eigenvalue weighted by atomic mass is 9.46. The first-order valence-corrected chi connectivity index (χ1v) is 15.9. The number of hydrazine groups is 1. The topological polar surface area (TPSA) is 113 Å². The highest BCUT2D eigenvalue weighted by Gasteiger charge is 2.79. The summed E-state index contributed by atoms with van der Waals surface area (Å²) in [5.74, 6) is -0.780. The van der Waals surface area contributed by atoms with Crippen molar-refractivity contribution < 1.29 is 33.4 Å². The molecular formula is C35H41N3O7. The second kappa shape index (κ2) is 10.3. The number of ketones is 1. The van der Waals surface area contributed by atoms with E-state index in [4.69, 9.17) is 13.9 Å². The Morgan fingerprint density at radius 3 is 2.56 bits per heavy atom. The van der Waals surface area contributed by atoms with Gasteiger partial charge in [0.05, 0.1) is 25.0 Å². The van der Waals surface area contributed by atoms with E-state index in [1.165, 1.54) is 13.4 Å². The molecule has 10 heteroatoms. The van der Waals surface area contributed by atoms with Crippen molar-refractivity contribution in [2.45, 2.75) is 64.3 Å². The molecule has 2 aliphatic heterocycles. The first-order valence-electron chi connectivity index (χ1n) is 15.9. The van der Waals surface area contributed by atoms with Crippen LogP contribution in [0.1, 0.15) is 57.0 Å². The summed E-state index contributed by atoms with van der Waals surface area (Å²) in [5.41, 5.74) is -1.85. The van der Waals surface area contributed by atoms with Crippen LogP contribution in [0.25, 0.3) is 0 Å². The molecule has 45 heavy (non-hydrogen) atoms. The molecule has 8 atom stereocenters. The maximum absolute atomic E-state index is 14.3. The van der Waals surface area contributed by atoms with Crippen LogP contribution in [0.5, 0.6) is 0 Å². The van der Waals surface area contributed by atoms with Crippen LogP contribution in [0.15, 0.2) is 77.2 Å². The molecule has 1 aromatic heterocycles. The lowest BCUT2D eigenvalue weighted by molar-refractivity contribution is -0.229. The van der Waals surface area contributed by atoms with Crippen molar-refractivity contribution in [2.75, 3.05) is 25.1 Å². The van der Waals surface area contributed by atoms with E-state index in [0.717, 1.165) is 17.7 Å². The first-order chi connectivity index (χ1) is 21.5. The number of urea groups is 1. The number of aliphatic hydroxyl groups is 1. The molecule has 5 aliphatic rings. The lowest BCUT2D eigenvalue weighted by Gasteiger charge is -2.60. The number of amides is 2. The monoisotopic (exact) mass is 615 g/mol. The molecule has 10 nitrogen and oxygen atoms in total. The minimum Gasteiger partial charge on any atom is -0.457 e. The molecule has 0 radical (unpaired) electrons. The number of hydrogen-bond acceptors (Lipinski definition) is 8. The van der Waals surface area contributed by atoms with Crippen molar-refractivity contribution >= 4 is 23.5 Å². The fourth-order valence-corrected chi connectivity index (χ4v) is 9.52. The fourth-order valence-electron chi connectivity index (χ4n) is 9.52. The van der Waals surface area contributed by atoms with Crippen LogP contribution in [0, 0.1) is 28.6 Å². The number of esters is 1. The first kappa shape index (κ1) is 29.8. The Labute approximate surface area is 263 Å². The Hall–Kier alpha value is -3.89. The van der Waals surface area contributed by atoms with Crippen molar-refractivity contribution in [3.8, 4) is 0 Å². The Kier molecular flexibility index (Phi) is 6.83. The van der Waals surface area contributed by atoms with Crippen LogP contribution in [-0.2, 0) is 14.3 Å². The summed E-state index contributed by atoms with van der Waals surface area (Å²) in [5, 5.41) is 16.6. The normalized spacial score (nSPS) is 37.7. The molecule has 3 heterocycles. The Bertz CT molecular complexity index is 1570. The van der Waals surface area contributed by atoms with Gasteiger partial charge in [0.15, 0.2) is 5.78 Å². The summed E-state index contributed by atoms with van der Waals surface area (Å²) < 4.78 is 17.4. The molecule has 238 valence electrons. The van der Waals surface area contributed by atoms with Crippen molar-refractivity contribution in [1.82, 2.24) is 10.0 Å². The van der Waals surface area contributed by atoms with Crippen LogP contribution in [0.3, 0.4) is 0 Å². The van der Waals surface area contributed by atoms with Crippen LogP contribution in [0.4, 0.5) is 10.5 Å². The average molecular weight is 616 g/mol. The summed E-state index contributed by atoms with van der Waals surface area (Å²) in [4.78, 5) is 42.9. The summed E-state index contributed by atoms with van der Waals surface area (Å²) in [6.45, 7) is 11.1. The van der Waals surface area contributed by atoms with E-state index in [2.05, 4.69) is 19.6 Å². The number of fused-ring (bicyclic) bond motifs is 1. The quantitative estimate of drug-likeness (QED) is 0.362. The standard InChI is InChI=1S/C35H41N3O7/c1-21-13-15-34-19-28(43-5)30(39)35(34,42)33(21,4)29(45-31(40)27-12-9-17-44-27)18-26(22(34)2)24-14-16-36-32(41)38(23(3)37(36)20-24)25-10-7-6-8-11-25/h6-12,14,17,21-22,26,28-29,42H,3,13,15-16,18-20H2,1-2,4-5H3/t21-,22+,26-,28+,29-,33+,34+,35-/m1/s1. The van der Waals surface area contributed by atoms with Crippen LogP contribution >= 0.6 is 0 Å². The third kappa shape index (κ3) is 3.84. The average Bonchev–Trinajstić information content (AvgIpc) is 3.73. The van der Waals surface area contributed by atoms with Gasteiger partial charge < -0.3 is 19.0 Å². The van der Waals surface area contributed by atoms with Crippen molar-refractivity contribution in [1.29, 1.82) is 0 Å². The van der Waals surface area contributed by atoms with E-state index in [1.54, 1.807) is 22.0 Å². The van der Waals surface area contributed by atoms with E-state index in [0.29, 0.717) is 38.2 Å². The second-order valence-corrected chi connectivity index (χ2v) is 13.7. The molecule has 4 fully saturated rings. The second-order valence-electron chi connectivity index (χ2n) is 13.7. The SMILES string of the molecule is C=C1N(c2ccccc2)C(=O)N2CC=C([C@@H]3C[C@@H](OC(=O)c4ccco4)[C@]4(C)[C@H](C)CC[C@]5(C[C@H](OC)C(=O)[C@]54O)[C@H]3C)CN12. The number of benzene rings is 1. The zero-order chi connectivity index (χ0) is 31.9. The van der Waals surface area contributed by atoms with E-state index in [1.807, 2.05) is 49.2 Å². The number of ether oxygens (including phenoxy) is 2. The largest absolute Gasteiger partial charge is 0.457 e. The van der Waals surface area contributed by atoms with Gasteiger partial charge in [-0.3, -0.25) is 9.80 Å². The third-order valence-corrected chi connectivity index (χ3v) is 12.2. The smallest absolute Gasteiger partial charge is 0.374 e. The zero-order valence-corrected chi connectivity index (χ0v) is 26.3. The number of nitrogens with zero attached hydrogens (tertiary/aromatic N) is 3. The van der Waals surface area contributed by atoms with Gasteiger partial charge in [0.25, 0.3) is 0 Å². The molecule has 7 rings (SSSR count). The Morgan fingerprint density at radius 2 is 1.87 bits per heavy atom. The van der Waals surface area contributed by atoms with E-state index >= 15 is 0 Å². The number of furan rings is 1. The third-order valence-electron chi connectivity index (χ3n) is 12.2. The number of rotatable bonds is 5. The molecule has 1 N–H and O–H groups in total. The van der Waals surface area contributed by atoms with E-state index in [-0.39, 0.29) is 35.3 Å². The minimum atomic E-state index is -1.78. The Morgan fingerprint density at radius 1 is 1.11 bits per heavy atom. The fraction of sp³-hybridized carbons (Fsp3) is 0.514. The number of Topliss-reactive ketones (excluding diaryl/α,β-unsaturated/α-hetero) is 1. The molecule has 1 aromatic carbocycles. The molecule has 0 spiro atoms. The molecule has 2 aromatic rings. The van der Waals surface area contributed by atoms with Gasteiger partial charge in [0.2, 0.25) is 5.76 Å². The van der Waals surface area contributed by atoms with Gasteiger partial charge in [0.1, 0.15) is 23.6 Å². The molecule has 2 bridgehead atoms. The van der Waals surface area contributed by atoms with Crippen molar-refractivity contribution in [3.63, 3.8) is 0 Å². The predicted molar refractivity (Wildman–Crippen MR) is 164 cm³/mol. The molecule has 0 unspecified atom stereocenters. The van der Waals surface area contributed by atoms with Gasteiger partial charge in [-0.25, -0.2) is 19.5 Å². The zero-order valence-electron chi connectivity index (χ0n) is 26.3. The van der Waals surface area contributed by atoms with Gasteiger partial charge in [-0.1, -0.05) is 51.6 Å². The highest BCUT2D eigenvalue weighted by atomic mass is 16.6. The van der Waals surface area contributed by atoms with Gasteiger partial charge >= 0.3 is 12.0 Å². The number of hydrogen-bond donors (Lipinski definition) is 1. The predicted octanol–water partition coefficient (Wildman–Crippen LogP) is 5.17. The number of carbonyl (C=O) groups is 3. The van der Waals surface area contributed by atoms with Crippen molar-refractivity contribution in [2.24, 2.45) is 28.6 Å². The number of carbonyl (C=O) groups excluding carboxylic acids is 3. The number of methoxy groups -OCH3 is 1. The maximum Gasteiger partial charge on any atom is 0.374 e. The molecule has 3 aliphatic carbocycles. The maximum atomic E-state index is 14.3. The van der Waals surface area contributed by atoms with Crippen LogP contribution in [-0.4, -0.2) is 70.9 Å². The molecular weight excluding hydrogens is 574 g/mol. The van der Waals surface area contributed by atoms with E-state index in [9.17, 15) is 19.5 Å². The summed E-state index contributed by atoms with van der Waals surface area (Å²) in [7, 11) is 1.52. The Balaban J connectivity index is 1.30. The van der Waals surface area contributed by atoms with Gasteiger partial charge in [-0.2, -0.15) is 0 Å². The van der Waals surface area contributed by atoms with Gasteiger partial charge in [-0.05, 0) is 73.3 Å². The van der Waals surface area contributed by atoms with Crippen molar-refractivity contribution in [3.05, 3.63) is 78.5 Å². The number of anilines is 1. The van der Waals surface area contributed by atoms with Gasteiger partial charge in [-0.15, -0.1) is 0 Å². The summed E-state index contributed by atoms with van der Waals surface area (Å²) in [6, 6.07) is 12.5. The summed E-state index contributed by atoms with van der Waals surface area (Å²) >= 11 is 0. The molecule has 2 amide bonds. The molecule has 3 saturated carbocycles. The summed E-state index contributed by atoms with van der Waals surface area (Å²) in [6.07, 6.45) is 4.18. The van der Waals surface area contributed by atoms with Gasteiger partial charge in [0, 0.05) is 17.9 Å². The highest BCUT2D eigenvalue weighted by Crippen LogP contribution is 2.71.